The number of halogens is 3. The number of imidazole rings is 1. The molecule has 80 valence electrons. The van der Waals surface area contributed by atoms with Gasteiger partial charge in [0.25, 0.3) is 0 Å². The first-order chi connectivity index (χ1) is 6.45. The Hall–Kier alpha value is -1.04. The second kappa shape index (κ2) is 4.00. The molecule has 0 spiro atoms. The van der Waals surface area contributed by atoms with Gasteiger partial charge >= 0.3 is 6.18 Å². The van der Waals surface area contributed by atoms with Crippen molar-refractivity contribution >= 4 is 0 Å². The van der Waals surface area contributed by atoms with Crippen LogP contribution < -0.4 is 5.32 Å². The van der Waals surface area contributed by atoms with Crippen LogP contribution in [0.3, 0.4) is 0 Å². The molecule has 0 saturated heterocycles. The highest BCUT2D eigenvalue weighted by molar-refractivity contribution is 4.96. The minimum atomic E-state index is -4.24. The van der Waals surface area contributed by atoms with Gasteiger partial charge in [-0.1, -0.05) is 0 Å². The van der Waals surface area contributed by atoms with Crippen LogP contribution in [0.1, 0.15) is 5.82 Å². The Bertz CT molecular complexity index is 292. The van der Waals surface area contributed by atoms with Gasteiger partial charge in [-0.05, 0) is 7.05 Å². The van der Waals surface area contributed by atoms with Crippen LogP contribution in [0.4, 0.5) is 13.2 Å². The standard InChI is InChI=1S/C8H12F3N3/c1-12-6(8(9,10)11)5-7-13-3-4-14(7)2/h3-4,6,12H,5H2,1-2H3. The Morgan fingerprint density at radius 1 is 1.57 bits per heavy atom. The summed E-state index contributed by atoms with van der Waals surface area (Å²) in [6, 6.07) is -1.54. The molecule has 3 nitrogen and oxygen atoms in total. The van der Waals surface area contributed by atoms with Crippen LogP contribution in [0.2, 0.25) is 0 Å². The van der Waals surface area contributed by atoms with Gasteiger partial charge in [-0.15, -0.1) is 0 Å². The van der Waals surface area contributed by atoms with E-state index in [1.165, 1.54) is 13.2 Å². The molecule has 14 heavy (non-hydrogen) atoms. The van der Waals surface area contributed by atoms with Gasteiger partial charge in [0.05, 0.1) is 0 Å². The predicted molar refractivity (Wildman–Crippen MR) is 45.8 cm³/mol. The van der Waals surface area contributed by atoms with E-state index in [0.717, 1.165) is 0 Å². The molecule has 1 N–H and O–H groups in total. The zero-order valence-corrected chi connectivity index (χ0v) is 7.97. The fraction of sp³-hybridized carbons (Fsp3) is 0.625. The molecule has 1 aromatic heterocycles. The van der Waals surface area contributed by atoms with Crippen molar-refractivity contribution in [3.63, 3.8) is 0 Å². The zero-order chi connectivity index (χ0) is 10.8. The lowest BCUT2D eigenvalue weighted by molar-refractivity contribution is -0.154. The van der Waals surface area contributed by atoms with E-state index in [0.29, 0.717) is 5.82 Å². The first-order valence-electron chi connectivity index (χ1n) is 4.15. The van der Waals surface area contributed by atoms with E-state index in [9.17, 15) is 13.2 Å². The first kappa shape index (κ1) is 11.0. The Morgan fingerprint density at radius 2 is 2.21 bits per heavy atom. The van der Waals surface area contributed by atoms with Gasteiger partial charge in [0, 0.05) is 25.9 Å². The number of likely N-dealkylation sites (N-methyl/N-ethyl adjacent to an activating group) is 1. The van der Waals surface area contributed by atoms with Crippen LogP contribution >= 0.6 is 0 Å². The summed E-state index contributed by atoms with van der Waals surface area (Å²) in [5, 5.41) is 2.23. The third kappa shape index (κ3) is 2.47. The molecule has 0 aliphatic carbocycles. The van der Waals surface area contributed by atoms with Crippen molar-refractivity contribution < 1.29 is 13.2 Å². The van der Waals surface area contributed by atoms with Crippen LogP contribution in [-0.2, 0) is 13.5 Å². The average molecular weight is 207 g/mol. The largest absolute Gasteiger partial charge is 0.404 e. The number of hydrogen-bond donors (Lipinski definition) is 1. The third-order valence-electron chi connectivity index (χ3n) is 2.05. The molecule has 0 radical (unpaired) electrons. The molecule has 0 amide bonds. The summed E-state index contributed by atoms with van der Waals surface area (Å²) in [5.41, 5.74) is 0. The van der Waals surface area contributed by atoms with Gasteiger partial charge in [-0.2, -0.15) is 13.2 Å². The fourth-order valence-corrected chi connectivity index (χ4v) is 1.16. The van der Waals surface area contributed by atoms with Gasteiger partial charge in [0.15, 0.2) is 0 Å². The fourth-order valence-electron chi connectivity index (χ4n) is 1.16. The lowest BCUT2D eigenvalue weighted by Gasteiger charge is -2.18. The van der Waals surface area contributed by atoms with E-state index in [2.05, 4.69) is 10.3 Å². The lowest BCUT2D eigenvalue weighted by Crippen LogP contribution is -2.42. The minimum Gasteiger partial charge on any atom is -0.338 e. The van der Waals surface area contributed by atoms with Crippen molar-refractivity contribution in [2.75, 3.05) is 7.05 Å². The smallest absolute Gasteiger partial charge is 0.338 e. The molecular formula is C8H12F3N3. The summed E-state index contributed by atoms with van der Waals surface area (Å²) in [7, 11) is 2.96. The highest BCUT2D eigenvalue weighted by Gasteiger charge is 2.39. The topological polar surface area (TPSA) is 29.9 Å². The van der Waals surface area contributed by atoms with E-state index < -0.39 is 12.2 Å². The van der Waals surface area contributed by atoms with Crippen LogP contribution in [0, 0.1) is 0 Å². The van der Waals surface area contributed by atoms with Crippen molar-refractivity contribution in [2.24, 2.45) is 7.05 Å². The summed E-state index contributed by atoms with van der Waals surface area (Å²) in [6.45, 7) is 0. The number of hydrogen-bond acceptors (Lipinski definition) is 2. The van der Waals surface area contributed by atoms with Crippen molar-refractivity contribution in [3.8, 4) is 0 Å². The number of rotatable bonds is 3. The summed E-state index contributed by atoms with van der Waals surface area (Å²) >= 11 is 0. The van der Waals surface area contributed by atoms with Crippen molar-refractivity contribution in [3.05, 3.63) is 18.2 Å². The molecule has 0 aliphatic heterocycles. The molecule has 1 aromatic rings. The molecule has 0 saturated carbocycles. The summed E-state index contributed by atoms with van der Waals surface area (Å²) in [6.07, 6.45) is -1.28. The maximum Gasteiger partial charge on any atom is 0.404 e. The maximum absolute atomic E-state index is 12.3. The second-order valence-corrected chi connectivity index (χ2v) is 3.04. The summed E-state index contributed by atoms with van der Waals surface area (Å²) in [4.78, 5) is 3.84. The molecule has 1 unspecified atom stereocenters. The molecule has 0 fully saturated rings. The molecule has 1 rings (SSSR count). The van der Waals surface area contributed by atoms with Gasteiger partial charge in [0.1, 0.15) is 11.9 Å². The van der Waals surface area contributed by atoms with Gasteiger partial charge in [-0.25, -0.2) is 4.98 Å². The molecule has 0 bridgehead atoms. The van der Waals surface area contributed by atoms with Crippen molar-refractivity contribution in [1.82, 2.24) is 14.9 Å². The monoisotopic (exact) mass is 207 g/mol. The number of aromatic nitrogens is 2. The van der Waals surface area contributed by atoms with Crippen LogP contribution in [0.15, 0.2) is 12.4 Å². The van der Waals surface area contributed by atoms with Crippen LogP contribution in [0.25, 0.3) is 0 Å². The van der Waals surface area contributed by atoms with Crippen molar-refractivity contribution in [1.29, 1.82) is 0 Å². The van der Waals surface area contributed by atoms with E-state index in [-0.39, 0.29) is 6.42 Å². The number of alkyl halides is 3. The summed E-state index contributed by atoms with van der Waals surface area (Å²) < 4.78 is 38.6. The molecule has 1 heterocycles. The van der Waals surface area contributed by atoms with Crippen LogP contribution in [-0.4, -0.2) is 28.8 Å². The van der Waals surface area contributed by atoms with Gasteiger partial charge in [0.2, 0.25) is 0 Å². The van der Waals surface area contributed by atoms with Crippen molar-refractivity contribution in [2.45, 2.75) is 18.6 Å². The number of nitrogens with zero attached hydrogens (tertiary/aromatic N) is 2. The van der Waals surface area contributed by atoms with E-state index in [4.69, 9.17) is 0 Å². The molecular weight excluding hydrogens is 195 g/mol. The second-order valence-electron chi connectivity index (χ2n) is 3.04. The first-order valence-corrected chi connectivity index (χ1v) is 4.15. The Balaban J connectivity index is 2.71. The summed E-state index contributed by atoms with van der Waals surface area (Å²) in [5.74, 6) is 0.418. The molecule has 0 aromatic carbocycles. The third-order valence-corrected chi connectivity index (χ3v) is 2.05. The zero-order valence-electron chi connectivity index (χ0n) is 7.97. The van der Waals surface area contributed by atoms with Crippen LogP contribution in [0.5, 0.6) is 0 Å². The Morgan fingerprint density at radius 3 is 2.57 bits per heavy atom. The van der Waals surface area contributed by atoms with E-state index >= 15 is 0 Å². The normalized spacial score (nSPS) is 14.4. The highest BCUT2D eigenvalue weighted by atomic mass is 19.4. The predicted octanol–water partition coefficient (Wildman–Crippen LogP) is 1.11. The highest BCUT2D eigenvalue weighted by Crippen LogP contribution is 2.22. The molecule has 0 aliphatic rings. The minimum absolute atomic E-state index is 0.149. The van der Waals surface area contributed by atoms with Gasteiger partial charge < -0.3 is 9.88 Å². The maximum atomic E-state index is 12.3. The molecule has 1 atom stereocenters. The quantitative estimate of drug-likeness (QED) is 0.804. The van der Waals surface area contributed by atoms with E-state index in [1.54, 1.807) is 17.8 Å². The Labute approximate surface area is 79.9 Å². The van der Waals surface area contributed by atoms with E-state index in [1.807, 2.05) is 0 Å². The average Bonchev–Trinajstić information content (AvgIpc) is 2.45. The lowest BCUT2D eigenvalue weighted by atomic mass is 10.2. The number of aryl methyl sites for hydroxylation is 1. The van der Waals surface area contributed by atoms with Gasteiger partial charge in [-0.3, -0.25) is 0 Å². The number of nitrogens with one attached hydrogen (secondary N) is 1. The molecule has 6 heteroatoms. The SMILES string of the molecule is CNC(Cc1nccn1C)C(F)(F)F. The Kier molecular flexibility index (Phi) is 3.15.